The number of hydrogen-bond donors (Lipinski definition) is 0. The van der Waals surface area contributed by atoms with Crippen molar-refractivity contribution < 1.29 is 24.2 Å². The first-order valence-electron chi connectivity index (χ1n) is 10.7. The number of carboxylic acids is 1. The molecule has 0 aliphatic carbocycles. The van der Waals surface area contributed by atoms with Crippen LogP contribution in [0, 0.1) is 0 Å². The van der Waals surface area contributed by atoms with Gasteiger partial charge in [0.1, 0.15) is 23.8 Å². The molecule has 0 saturated carbocycles. The van der Waals surface area contributed by atoms with Crippen LogP contribution in [0.1, 0.15) is 28.4 Å². The fourth-order valence-corrected chi connectivity index (χ4v) is 3.80. The van der Waals surface area contributed by atoms with Gasteiger partial charge in [0.25, 0.3) is 5.91 Å². The van der Waals surface area contributed by atoms with Gasteiger partial charge in [0.15, 0.2) is 0 Å². The Morgan fingerprint density at radius 3 is 2.38 bits per heavy atom. The second-order valence-electron chi connectivity index (χ2n) is 7.47. The molecule has 1 amide bonds. The number of ether oxygens (including phenoxy) is 2. The first kappa shape index (κ1) is 23.1. The second kappa shape index (κ2) is 10.3. The maximum absolute atomic E-state index is 13.1. The molecule has 0 atom stereocenters. The second-order valence-corrected chi connectivity index (χ2v) is 7.83. The van der Waals surface area contributed by atoms with Crippen molar-refractivity contribution in [3.8, 4) is 11.5 Å². The number of hydrogen-bond acceptors (Lipinski definition) is 6. The number of carbonyl (C=O) groups excluding carboxylic acids is 2. The number of carbonyl (C=O) groups is 2. The molecule has 0 spiro atoms. The molecule has 3 aromatic rings. The molecule has 1 aliphatic rings. The zero-order valence-electron chi connectivity index (χ0n) is 18.4. The summed E-state index contributed by atoms with van der Waals surface area (Å²) in [6.45, 7) is 2.70. The van der Waals surface area contributed by atoms with Gasteiger partial charge in [-0.05, 0) is 60.6 Å². The van der Waals surface area contributed by atoms with E-state index in [1.165, 1.54) is 17.0 Å². The van der Waals surface area contributed by atoms with Gasteiger partial charge in [-0.3, -0.25) is 9.69 Å². The molecule has 0 bridgehead atoms. The first-order valence-corrected chi connectivity index (χ1v) is 11.1. The Kier molecular flexibility index (Phi) is 6.98. The number of anilines is 1. The molecule has 0 N–H and O–H groups in total. The highest BCUT2D eigenvalue weighted by Crippen LogP contribution is 2.26. The fraction of sp³-hybridized carbons (Fsp3) is 0.154. The summed E-state index contributed by atoms with van der Waals surface area (Å²) in [7, 11) is 0. The Morgan fingerprint density at radius 2 is 1.71 bits per heavy atom. The molecular formula is C26H21N2O5S-. The Labute approximate surface area is 202 Å². The number of nitrogens with zero attached hydrogens (tertiary/aromatic N) is 2. The van der Waals surface area contributed by atoms with Crippen LogP contribution in [0.15, 0.2) is 77.8 Å². The number of benzene rings is 3. The zero-order valence-corrected chi connectivity index (χ0v) is 19.2. The lowest BCUT2D eigenvalue weighted by Crippen LogP contribution is -2.33. The SMILES string of the molecule is CCOc1ccc(N2C(=O)C(Cc3ccccc3OCc3ccc(C(=O)[O-])cc3)=NC2=S)cc1. The van der Waals surface area contributed by atoms with E-state index < -0.39 is 5.97 Å². The highest BCUT2D eigenvalue weighted by atomic mass is 32.1. The van der Waals surface area contributed by atoms with Gasteiger partial charge in [-0.25, -0.2) is 4.99 Å². The number of aliphatic imine (C=N–C) groups is 1. The lowest BCUT2D eigenvalue weighted by Gasteiger charge is -2.16. The van der Waals surface area contributed by atoms with Crippen molar-refractivity contribution in [1.82, 2.24) is 0 Å². The molecule has 7 nitrogen and oxygen atoms in total. The van der Waals surface area contributed by atoms with Crippen LogP contribution in [0.25, 0.3) is 0 Å². The van der Waals surface area contributed by atoms with Crippen molar-refractivity contribution in [2.24, 2.45) is 4.99 Å². The van der Waals surface area contributed by atoms with E-state index in [4.69, 9.17) is 21.7 Å². The quantitative estimate of drug-likeness (QED) is 0.443. The third kappa shape index (κ3) is 5.13. The molecule has 34 heavy (non-hydrogen) atoms. The summed E-state index contributed by atoms with van der Waals surface area (Å²) < 4.78 is 11.4. The minimum Gasteiger partial charge on any atom is -0.545 e. The number of rotatable bonds is 9. The molecule has 3 aromatic carbocycles. The van der Waals surface area contributed by atoms with Gasteiger partial charge in [0.05, 0.1) is 18.3 Å². The van der Waals surface area contributed by atoms with Crippen molar-refractivity contribution in [3.63, 3.8) is 0 Å². The van der Waals surface area contributed by atoms with Gasteiger partial charge in [-0.15, -0.1) is 0 Å². The van der Waals surface area contributed by atoms with Crippen molar-refractivity contribution in [1.29, 1.82) is 0 Å². The number of para-hydroxylation sites is 1. The highest BCUT2D eigenvalue weighted by molar-refractivity contribution is 7.80. The van der Waals surface area contributed by atoms with Crippen molar-refractivity contribution in [3.05, 3.63) is 89.5 Å². The van der Waals surface area contributed by atoms with Crippen LogP contribution in [0.2, 0.25) is 0 Å². The van der Waals surface area contributed by atoms with Crippen LogP contribution < -0.4 is 19.5 Å². The summed E-state index contributed by atoms with van der Waals surface area (Å²) >= 11 is 5.36. The van der Waals surface area contributed by atoms with E-state index in [1.54, 1.807) is 36.4 Å². The lowest BCUT2D eigenvalue weighted by atomic mass is 10.1. The van der Waals surface area contributed by atoms with E-state index in [0.29, 0.717) is 29.5 Å². The number of carboxylic acid groups (broad SMARTS) is 1. The monoisotopic (exact) mass is 473 g/mol. The summed E-state index contributed by atoms with van der Waals surface area (Å²) in [6.07, 6.45) is 0.256. The van der Waals surface area contributed by atoms with E-state index in [9.17, 15) is 14.7 Å². The number of aromatic carboxylic acids is 1. The third-order valence-corrected chi connectivity index (χ3v) is 5.47. The van der Waals surface area contributed by atoms with Crippen LogP contribution in [-0.4, -0.2) is 29.3 Å². The maximum atomic E-state index is 13.1. The van der Waals surface area contributed by atoms with Gasteiger partial charge in [0.2, 0.25) is 5.11 Å². The van der Waals surface area contributed by atoms with Gasteiger partial charge in [0, 0.05) is 12.0 Å². The molecule has 1 heterocycles. The predicted octanol–water partition coefficient (Wildman–Crippen LogP) is 3.34. The van der Waals surface area contributed by atoms with Gasteiger partial charge < -0.3 is 19.4 Å². The van der Waals surface area contributed by atoms with Crippen LogP contribution in [0.4, 0.5) is 5.69 Å². The Morgan fingerprint density at radius 1 is 1.00 bits per heavy atom. The largest absolute Gasteiger partial charge is 0.545 e. The molecule has 0 saturated heterocycles. The van der Waals surface area contributed by atoms with E-state index >= 15 is 0 Å². The Bertz CT molecular complexity index is 1250. The summed E-state index contributed by atoms with van der Waals surface area (Å²) in [6, 6.07) is 20.8. The Hall–Kier alpha value is -4.04. The highest BCUT2D eigenvalue weighted by Gasteiger charge is 2.32. The third-order valence-electron chi connectivity index (χ3n) is 5.19. The molecule has 0 aromatic heterocycles. The van der Waals surface area contributed by atoms with E-state index in [1.807, 2.05) is 31.2 Å². The average Bonchev–Trinajstić information content (AvgIpc) is 3.12. The van der Waals surface area contributed by atoms with Gasteiger partial charge in [-0.2, -0.15) is 0 Å². The first-order chi connectivity index (χ1) is 16.5. The molecule has 172 valence electrons. The van der Waals surface area contributed by atoms with Gasteiger partial charge >= 0.3 is 0 Å². The lowest BCUT2D eigenvalue weighted by molar-refractivity contribution is -0.255. The summed E-state index contributed by atoms with van der Waals surface area (Å²) in [5, 5.41) is 11.1. The summed E-state index contributed by atoms with van der Waals surface area (Å²) in [5.41, 5.74) is 2.65. The molecule has 0 radical (unpaired) electrons. The van der Waals surface area contributed by atoms with E-state index in [2.05, 4.69) is 4.99 Å². The van der Waals surface area contributed by atoms with Crippen LogP contribution in [0.5, 0.6) is 11.5 Å². The van der Waals surface area contributed by atoms with Crippen LogP contribution in [0.3, 0.4) is 0 Å². The predicted molar refractivity (Wildman–Crippen MR) is 130 cm³/mol. The van der Waals surface area contributed by atoms with Crippen molar-refractivity contribution >= 4 is 40.6 Å². The molecule has 8 heteroatoms. The summed E-state index contributed by atoms with van der Waals surface area (Å²) in [4.78, 5) is 29.7. The topological polar surface area (TPSA) is 91.3 Å². The van der Waals surface area contributed by atoms with Crippen molar-refractivity contribution in [2.75, 3.05) is 11.5 Å². The average molecular weight is 474 g/mol. The van der Waals surface area contributed by atoms with Crippen LogP contribution >= 0.6 is 12.2 Å². The zero-order chi connectivity index (χ0) is 24.1. The number of thiocarbonyl (C=S) groups is 1. The van der Waals surface area contributed by atoms with E-state index in [0.717, 1.165) is 11.1 Å². The summed E-state index contributed by atoms with van der Waals surface area (Å²) in [5.74, 6) is -0.184. The van der Waals surface area contributed by atoms with E-state index in [-0.39, 0.29) is 29.6 Å². The minimum atomic E-state index is -1.22. The molecular weight excluding hydrogens is 452 g/mol. The molecule has 4 rings (SSSR count). The Balaban J connectivity index is 1.45. The smallest absolute Gasteiger partial charge is 0.279 e. The molecule has 0 fully saturated rings. The fourth-order valence-electron chi connectivity index (χ4n) is 3.50. The van der Waals surface area contributed by atoms with Crippen molar-refractivity contribution in [2.45, 2.75) is 20.0 Å². The standard InChI is InChI=1S/C26H22N2O5S/c1-2-32-21-13-11-20(12-14-21)28-24(29)22(27-26(28)34)15-19-5-3-4-6-23(19)33-16-17-7-9-18(10-8-17)25(30)31/h3-14H,2,15-16H2,1H3,(H,30,31)/p-1. The maximum Gasteiger partial charge on any atom is 0.279 e. The minimum absolute atomic E-state index is 0.106. The molecule has 0 unspecified atom stereocenters. The number of amides is 1. The van der Waals surface area contributed by atoms with Crippen LogP contribution in [-0.2, 0) is 17.8 Å². The molecule has 1 aliphatic heterocycles. The normalized spacial score (nSPS) is 13.1. The van der Waals surface area contributed by atoms with Gasteiger partial charge in [-0.1, -0.05) is 42.5 Å².